The van der Waals surface area contributed by atoms with Gasteiger partial charge < -0.3 is 19.3 Å². The van der Waals surface area contributed by atoms with Crippen LogP contribution >= 0.6 is 0 Å². The summed E-state index contributed by atoms with van der Waals surface area (Å²) in [5.74, 6) is -0.0184. The van der Waals surface area contributed by atoms with Crippen LogP contribution in [0.1, 0.15) is 36.2 Å². The first-order chi connectivity index (χ1) is 12.7. The number of likely N-dealkylation sites (tertiary alicyclic amines) is 2. The van der Waals surface area contributed by atoms with Crippen molar-refractivity contribution in [2.75, 3.05) is 33.4 Å². The van der Waals surface area contributed by atoms with Gasteiger partial charge in [-0.05, 0) is 25.7 Å². The van der Waals surface area contributed by atoms with Crippen LogP contribution < -0.4 is 0 Å². The summed E-state index contributed by atoms with van der Waals surface area (Å²) < 4.78 is 11.0. The maximum absolute atomic E-state index is 12.7. The molecule has 4 rings (SSSR count). The summed E-state index contributed by atoms with van der Waals surface area (Å²) in [6.45, 7) is 2.56. The lowest BCUT2D eigenvalue weighted by Gasteiger charge is -2.61. The van der Waals surface area contributed by atoms with E-state index in [1.54, 1.807) is 18.2 Å². The van der Waals surface area contributed by atoms with E-state index in [0.29, 0.717) is 32.0 Å². The number of ether oxygens (including phenoxy) is 2. The Labute approximate surface area is 152 Å². The molecule has 26 heavy (non-hydrogen) atoms. The molecule has 2 amide bonds. The van der Waals surface area contributed by atoms with E-state index in [1.807, 2.05) is 4.90 Å². The molecule has 140 valence electrons. The van der Waals surface area contributed by atoms with Crippen molar-refractivity contribution in [3.8, 4) is 0 Å². The molecule has 0 radical (unpaired) electrons. The average Bonchev–Trinajstić information content (AvgIpc) is 2.70. The molecule has 1 aromatic heterocycles. The van der Waals surface area contributed by atoms with Gasteiger partial charge in [-0.1, -0.05) is 0 Å². The molecule has 0 saturated carbocycles. The van der Waals surface area contributed by atoms with E-state index in [9.17, 15) is 9.59 Å². The first-order valence-electron chi connectivity index (χ1n) is 9.16. The highest BCUT2D eigenvalue weighted by Crippen LogP contribution is 2.45. The predicted octanol–water partition coefficient (Wildman–Crippen LogP) is 0.488. The summed E-state index contributed by atoms with van der Waals surface area (Å²) in [5, 5.41) is 0. The lowest BCUT2D eigenvalue weighted by atomic mass is 9.72. The molecule has 0 aromatic carbocycles. The number of β-lactam (4-membered cyclic amide) rings is 1. The van der Waals surface area contributed by atoms with Gasteiger partial charge >= 0.3 is 0 Å². The van der Waals surface area contributed by atoms with E-state index in [1.165, 1.54) is 12.4 Å². The van der Waals surface area contributed by atoms with E-state index in [-0.39, 0.29) is 29.5 Å². The fourth-order valence-corrected chi connectivity index (χ4v) is 4.63. The van der Waals surface area contributed by atoms with Gasteiger partial charge in [-0.15, -0.1) is 0 Å². The minimum absolute atomic E-state index is 0.0769. The summed E-state index contributed by atoms with van der Waals surface area (Å²) in [6, 6.07) is 0.151. The lowest BCUT2D eigenvalue weighted by Crippen LogP contribution is -2.79. The number of amides is 2. The molecule has 3 aliphatic rings. The van der Waals surface area contributed by atoms with Crippen LogP contribution in [0.25, 0.3) is 0 Å². The van der Waals surface area contributed by atoms with Crippen molar-refractivity contribution >= 4 is 11.8 Å². The first kappa shape index (κ1) is 17.4. The second-order valence-electron chi connectivity index (χ2n) is 7.15. The molecule has 8 nitrogen and oxygen atoms in total. The predicted molar refractivity (Wildman–Crippen MR) is 91.4 cm³/mol. The SMILES string of the molecule is COC1C(=O)N(C2CCN(C(=O)c3cnccn3)CC2)C12CCOCC2. The molecule has 1 spiro atoms. The largest absolute Gasteiger partial charge is 0.381 e. The number of aromatic nitrogens is 2. The zero-order chi connectivity index (χ0) is 18.1. The topological polar surface area (TPSA) is 84.9 Å². The van der Waals surface area contributed by atoms with Crippen LogP contribution in [0.3, 0.4) is 0 Å². The van der Waals surface area contributed by atoms with Gasteiger partial charge in [0.05, 0.1) is 11.7 Å². The quantitative estimate of drug-likeness (QED) is 0.730. The first-order valence-corrected chi connectivity index (χ1v) is 9.16. The van der Waals surface area contributed by atoms with Crippen molar-refractivity contribution < 1.29 is 19.1 Å². The van der Waals surface area contributed by atoms with Gasteiger partial charge in [0.1, 0.15) is 5.69 Å². The normalized spacial score (nSPS) is 26.0. The molecule has 0 N–H and O–H groups in total. The molecule has 3 aliphatic heterocycles. The second-order valence-corrected chi connectivity index (χ2v) is 7.15. The Morgan fingerprint density at radius 3 is 2.62 bits per heavy atom. The molecule has 0 bridgehead atoms. The molecule has 1 unspecified atom stereocenters. The Bertz CT molecular complexity index is 669. The Hall–Kier alpha value is -2.06. The fourth-order valence-electron chi connectivity index (χ4n) is 4.63. The maximum atomic E-state index is 12.7. The van der Waals surface area contributed by atoms with E-state index >= 15 is 0 Å². The van der Waals surface area contributed by atoms with Crippen LogP contribution in [0.5, 0.6) is 0 Å². The third kappa shape index (κ3) is 2.68. The number of carbonyl (C=O) groups excluding carboxylic acids is 2. The highest BCUT2D eigenvalue weighted by atomic mass is 16.5. The van der Waals surface area contributed by atoms with Crippen LogP contribution in [0.2, 0.25) is 0 Å². The highest BCUT2D eigenvalue weighted by molar-refractivity contribution is 5.92. The van der Waals surface area contributed by atoms with E-state index < -0.39 is 0 Å². The fraction of sp³-hybridized carbons (Fsp3) is 0.667. The Morgan fingerprint density at radius 1 is 1.27 bits per heavy atom. The number of hydrogen-bond acceptors (Lipinski definition) is 6. The molecule has 4 heterocycles. The van der Waals surface area contributed by atoms with Crippen molar-refractivity contribution in [2.45, 2.75) is 43.4 Å². The number of carbonyl (C=O) groups is 2. The summed E-state index contributed by atoms with van der Waals surface area (Å²) in [4.78, 5) is 37.1. The van der Waals surface area contributed by atoms with Gasteiger partial charge in [0.25, 0.3) is 11.8 Å². The van der Waals surface area contributed by atoms with Crippen molar-refractivity contribution in [2.24, 2.45) is 0 Å². The van der Waals surface area contributed by atoms with Crippen LogP contribution in [0.4, 0.5) is 0 Å². The standard InChI is InChI=1S/C18H24N4O4/c1-25-15-17(24)22(18(15)4-10-26-11-5-18)13-2-8-21(9-3-13)16(23)14-12-19-6-7-20-14/h6-7,12-13,15H,2-5,8-11H2,1H3. The molecular formula is C18H24N4O4. The van der Waals surface area contributed by atoms with Crippen molar-refractivity contribution in [1.29, 1.82) is 0 Å². The van der Waals surface area contributed by atoms with Crippen LogP contribution in [-0.2, 0) is 14.3 Å². The Morgan fingerprint density at radius 2 is 2.00 bits per heavy atom. The van der Waals surface area contributed by atoms with Crippen LogP contribution in [0.15, 0.2) is 18.6 Å². The minimum Gasteiger partial charge on any atom is -0.381 e. The molecule has 1 aromatic rings. The number of hydrogen-bond donors (Lipinski definition) is 0. The molecular weight excluding hydrogens is 336 g/mol. The van der Waals surface area contributed by atoms with Crippen molar-refractivity contribution in [3.63, 3.8) is 0 Å². The highest BCUT2D eigenvalue weighted by Gasteiger charge is 2.62. The maximum Gasteiger partial charge on any atom is 0.274 e. The zero-order valence-corrected chi connectivity index (χ0v) is 15.0. The van der Waals surface area contributed by atoms with Crippen molar-refractivity contribution in [3.05, 3.63) is 24.3 Å². The lowest BCUT2D eigenvalue weighted by molar-refractivity contribution is -0.213. The van der Waals surface area contributed by atoms with Gasteiger partial charge in [0.15, 0.2) is 6.10 Å². The van der Waals surface area contributed by atoms with Gasteiger partial charge in [-0.3, -0.25) is 14.6 Å². The molecule has 1 atom stereocenters. The summed E-state index contributed by atoms with van der Waals surface area (Å²) >= 11 is 0. The summed E-state index contributed by atoms with van der Waals surface area (Å²) in [7, 11) is 1.61. The number of rotatable bonds is 3. The van der Waals surface area contributed by atoms with Gasteiger partial charge in [-0.2, -0.15) is 0 Å². The molecule has 3 fully saturated rings. The van der Waals surface area contributed by atoms with E-state index in [0.717, 1.165) is 25.7 Å². The molecule has 0 aliphatic carbocycles. The number of methoxy groups -OCH3 is 1. The average molecular weight is 360 g/mol. The van der Waals surface area contributed by atoms with Crippen LogP contribution in [-0.4, -0.2) is 82.7 Å². The van der Waals surface area contributed by atoms with Crippen molar-refractivity contribution in [1.82, 2.24) is 19.8 Å². The van der Waals surface area contributed by atoms with E-state index in [2.05, 4.69) is 9.97 Å². The number of nitrogens with zero attached hydrogens (tertiary/aromatic N) is 4. The van der Waals surface area contributed by atoms with Gasteiger partial charge in [0, 0.05) is 51.8 Å². The minimum atomic E-state index is -0.356. The van der Waals surface area contributed by atoms with Crippen LogP contribution in [0, 0.1) is 0 Å². The zero-order valence-electron chi connectivity index (χ0n) is 15.0. The van der Waals surface area contributed by atoms with Gasteiger partial charge in [-0.25, -0.2) is 4.98 Å². The Kier molecular flexibility index (Phi) is 4.62. The monoisotopic (exact) mass is 360 g/mol. The molecule has 3 saturated heterocycles. The number of piperidine rings is 1. The smallest absolute Gasteiger partial charge is 0.274 e. The molecule has 8 heteroatoms. The summed E-state index contributed by atoms with van der Waals surface area (Å²) in [5.41, 5.74) is 0.137. The Balaban J connectivity index is 1.43. The third-order valence-electron chi connectivity index (χ3n) is 5.92. The second kappa shape index (κ2) is 6.92. The van der Waals surface area contributed by atoms with Gasteiger partial charge in [0.2, 0.25) is 0 Å². The third-order valence-corrected chi connectivity index (χ3v) is 5.92. The van der Waals surface area contributed by atoms with E-state index in [4.69, 9.17) is 9.47 Å². The summed E-state index contributed by atoms with van der Waals surface area (Å²) in [6.07, 6.45) is 7.40.